The summed E-state index contributed by atoms with van der Waals surface area (Å²) in [5, 5.41) is 2.64. The lowest BCUT2D eigenvalue weighted by molar-refractivity contribution is -0.122. The number of carbonyl (C=O) groups excluding carboxylic acids is 3. The Morgan fingerprint density at radius 2 is 1.89 bits per heavy atom. The van der Waals surface area contributed by atoms with E-state index in [2.05, 4.69) is 5.32 Å². The van der Waals surface area contributed by atoms with Crippen LogP contribution in [0.5, 0.6) is 5.75 Å². The highest BCUT2D eigenvalue weighted by Crippen LogP contribution is 2.28. The van der Waals surface area contributed by atoms with Crippen LogP contribution >= 0.6 is 11.6 Å². The maximum Gasteiger partial charge on any atom is 0.335 e. The molecule has 0 saturated carbocycles. The molecule has 1 fully saturated rings. The summed E-state index contributed by atoms with van der Waals surface area (Å²) < 4.78 is 5.53. The van der Waals surface area contributed by atoms with E-state index in [-0.39, 0.29) is 5.57 Å². The van der Waals surface area contributed by atoms with Crippen molar-refractivity contribution in [2.75, 3.05) is 11.5 Å². The van der Waals surface area contributed by atoms with Gasteiger partial charge in [0.2, 0.25) is 0 Å². The Labute approximate surface area is 161 Å². The number of hydrogen-bond acceptors (Lipinski definition) is 4. The highest BCUT2D eigenvalue weighted by atomic mass is 35.5. The fraction of sp³-hybridized carbons (Fsp3) is 0.150. The third kappa shape index (κ3) is 3.71. The summed E-state index contributed by atoms with van der Waals surface area (Å²) in [4.78, 5) is 38.5. The SMILES string of the molecule is CCOc1ccc(Cl)cc1/C=C1/C(=O)NC(=O)N(c2ccccc2C)C1=O. The molecule has 1 aliphatic rings. The molecule has 0 spiro atoms. The molecule has 3 rings (SSSR count). The number of halogens is 1. The highest BCUT2D eigenvalue weighted by Gasteiger charge is 2.37. The third-order valence-electron chi connectivity index (χ3n) is 4.03. The Morgan fingerprint density at radius 3 is 2.59 bits per heavy atom. The number of hydrogen-bond donors (Lipinski definition) is 1. The Hall–Kier alpha value is -3.12. The van der Waals surface area contributed by atoms with Crippen molar-refractivity contribution in [2.45, 2.75) is 13.8 Å². The maximum absolute atomic E-state index is 13.0. The summed E-state index contributed by atoms with van der Waals surface area (Å²) in [5.41, 5.74) is 1.44. The molecule has 6 nitrogen and oxygen atoms in total. The third-order valence-corrected chi connectivity index (χ3v) is 4.26. The molecule has 2 aromatic rings. The predicted octanol–water partition coefficient (Wildman–Crippen LogP) is 3.71. The molecule has 1 saturated heterocycles. The van der Waals surface area contributed by atoms with Crippen LogP contribution in [-0.2, 0) is 9.59 Å². The number of barbiturate groups is 1. The van der Waals surface area contributed by atoms with Gasteiger partial charge in [-0.15, -0.1) is 0 Å². The lowest BCUT2D eigenvalue weighted by atomic mass is 10.0. The zero-order valence-corrected chi connectivity index (χ0v) is 15.5. The zero-order chi connectivity index (χ0) is 19.6. The summed E-state index contributed by atoms with van der Waals surface area (Å²) in [6.07, 6.45) is 1.38. The van der Waals surface area contributed by atoms with Gasteiger partial charge in [-0.05, 0) is 49.8 Å². The molecule has 7 heteroatoms. The van der Waals surface area contributed by atoms with Gasteiger partial charge in [0, 0.05) is 10.6 Å². The van der Waals surface area contributed by atoms with E-state index in [4.69, 9.17) is 16.3 Å². The normalized spacial score (nSPS) is 15.9. The molecule has 4 amide bonds. The van der Waals surface area contributed by atoms with Gasteiger partial charge in [0.1, 0.15) is 11.3 Å². The van der Waals surface area contributed by atoms with Gasteiger partial charge in [0.25, 0.3) is 11.8 Å². The van der Waals surface area contributed by atoms with Gasteiger partial charge in [-0.3, -0.25) is 14.9 Å². The molecule has 0 aromatic heterocycles. The van der Waals surface area contributed by atoms with Crippen LogP contribution in [-0.4, -0.2) is 24.5 Å². The minimum absolute atomic E-state index is 0.180. The van der Waals surface area contributed by atoms with E-state index in [1.807, 2.05) is 6.92 Å². The van der Waals surface area contributed by atoms with E-state index in [0.29, 0.717) is 28.6 Å². The Morgan fingerprint density at radius 1 is 1.15 bits per heavy atom. The highest BCUT2D eigenvalue weighted by molar-refractivity contribution is 6.39. The Kier molecular flexibility index (Phi) is 5.28. The molecule has 1 heterocycles. The standard InChI is InChI=1S/C20H17ClN2O4/c1-3-27-17-9-8-14(21)10-13(17)11-15-18(24)22-20(26)23(19(15)25)16-7-5-4-6-12(16)2/h4-11H,3H2,1-2H3,(H,22,24,26)/b15-11-. The number of benzene rings is 2. The van der Waals surface area contributed by atoms with E-state index in [0.717, 1.165) is 10.5 Å². The quantitative estimate of drug-likeness (QED) is 0.644. The van der Waals surface area contributed by atoms with E-state index in [1.54, 1.807) is 49.4 Å². The number of aryl methyl sites for hydroxylation is 1. The minimum Gasteiger partial charge on any atom is -0.493 e. The summed E-state index contributed by atoms with van der Waals surface area (Å²) in [5.74, 6) is -0.993. The van der Waals surface area contributed by atoms with Crippen LogP contribution in [0.1, 0.15) is 18.1 Å². The van der Waals surface area contributed by atoms with Crippen molar-refractivity contribution >= 4 is 41.2 Å². The first-order valence-electron chi connectivity index (χ1n) is 8.31. The van der Waals surface area contributed by atoms with Crippen molar-refractivity contribution in [3.05, 3.63) is 64.2 Å². The molecule has 0 radical (unpaired) electrons. The van der Waals surface area contributed by atoms with Crippen LogP contribution in [0, 0.1) is 6.92 Å². The number of ether oxygens (including phenoxy) is 1. The van der Waals surface area contributed by atoms with E-state index < -0.39 is 17.8 Å². The van der Waals surface area contributed by atoms with Crippen molar-refractivity contribution < 1.29 is 19.1 Å². The van der Waals surface area contributed by atoms with Gasteiger partial charge < -0.3 is 4.74 Å². The summed E-state index contributed by atoms with van der Waals surface area (Å²) in [6, 6.07) is 11.1. The number of urea groups is 1. The molecule has 0 aliphatic carbocycles. The number of carbonyl (C=O) groups is 3. The van der Waals surface area contributed by atoms with Crippen LogP contribution in [0.15, 0.2) is 48.0 Å². The van der Waals surface area contributed by atoms with Crippen molar-refractivity contribution in [2.24, 2.45) is 0 Å². The van der Waals surface area contributed by atoms with Crippen molar-refractivity contribution in [3.8, 4) is 5.75 Å². The number of para-hydroxylation sites is 1. The number of amides is 4. The molecule has 0 atom stereocenters. The average Bonchev–Trinajstić information content (AvgIpc) is 2.62. The first kappa shape index (κ1) is 18.7. The lowest BCUT2D eigenvalue weighted by Gasteiger charge is -2.27. The number of imide groups is 2. The van der Waals surface area contributed by atoms with Gasteiger partial charge in [0.15, 0.2) is 0 Å². The van der Waals surface area contributed by atoms with Crippen LogP contribution < -0.4 is 15.0 Å². The second-order valence-corrected chi connectivity index (χ2v) is 6.30. The van der Waals surface area contributed by atoms with Crippen molar-refractivity contribution in [1.82, 2.24) is 5.32 Å². The minimum atomic E-state index is -0.785. The van der Waals surface area contributed by atoms with Crippen LogP contribution in [0.2, 0.25) is 5.02 Å². The molecule has 1 N–H and O–H groups in total. The summed E-state index contributed by atoms with van der Waals surface area (Å²) in [7, 11) is 0. The maximum atomic E-state index is 13.0. The number of nitrogens with one attached hydrogen (secondary N) is 1. The fourth-order valence-electron chi connectivity index (χ4n) is 2.77. The van der Waals surface area contributed by atoms with Crippen LogP contribution in [0.3, 0.4) is 0 Å². The second kappa shape index (κ2) is 7.63. The average molecular weight is 385 g/mol. The molecule has 27 heavy (non-hydrogen) atoms. The summed E-state index contributed by atoms with van der Waals surface area (Å²) in [6.45, 7) is 4.01. The summed E-state index contributed by atoms with van der Waals surface area (Å²) >= 11 is 6.04. The smallest absolute Gasteiger partial charge is 0.335 e. The van der Waals surface area contributed by atoms with Gasteiger partial charge >= 0.3 is 6.03 Å². The van der Waals surface area contributed by atoms with Gasteiger partial charge in [0.05, 0.1) is 12.3 Å². The Balaban J connectivity index is 2.08. The zero-order valence-electron chi connectivity index (χ0n) is 14.8. The number of nitrogens with zero attached hydrogens (tertiary/aromatic N) is 1. The van der Waals surface area contributed by atoms with E-state index >= 15 is 0 Å². The molecule has 138 valence electrons. The lowest BCUT2D eigenvalue weighted by Crippen LogP contribution is -2.54. The van der Waals surface area contributed by atoms with Gasteiger partial charge in [-0.2, -0.15) is 0 Å². The van der Waals surface area contributed by atoms with Crippen molar-refractivity contribution in [3.63, 3.8) is 0 Å². The van der Waals surface area contributed by atoms with Gasteiger partial charge in [-0.25, -0.2) is 9.69 Å². The second-order valence-electron chi connectivity index (χ2n) is 5.86. The molecule has 0 unspecified atom stereocenters. The fourth-order valence-corrected chi connectivity index (χ4v) is 2.95. The topological polar surface area (TPSA) is 75.7 Å². The van der Waals surface area contributed by atoms with Crippen LogP contribution in [0.25, 0.3) is 6.08 Å². The van der Waals surface area contributed by atoms with Crippen LogP contribution in [0.4, 0.5) is 10.5 Å². The monoisotopic (exact) mass is 384 g/mol. The first-order chi connectivity index (χ1) is 12.9. The number of rotatable bonds is 4. The molecule has 2 aromatic carbocycles. The van der Waals surface area contributed by atoms with Crippen molar-refractivity contribution in [1.29, 1.82) is 0 Å². The Bertz CT molecular complexity index is 968. The molecule has 1 aliphatic heterocycles. The van der Waals surface area contributed by atoms with Gasteiger partial charge in [-0.1, -0.05) is 29.8 Å². The first-order valence-corrected chi connectivity index (χ1v) is 8.69. The van der Waals surface area contributed by atoms with E-state index in [1.165, 1.54) is 6.08 Å². The van der Waals surface area contributed by atoms with E-state index in [9.17, 15) is 14.4 Å². The predicted molar refractivity (Wildman–Crippen MR) is 103 cm³/mol. The molecular formula is C20H17ClN2O4. The largest absolute Gasteiger partial charge is 0.493 e. The number of anilines is 1. The molecule has 0 bridgehead atoms. The molecular weight excluding hydrogens is 368 g/mol.